The van der Waals surface area contributed by atoms with Crippen molar-refractivity contribution in [2.75, 3.05) is 40.4 Å². The summed E-state index contributed by atoms with van der Waals surface area (Å²) in [6.45, 7) is 10.3. The number of rotatable bonds is 6. The average molecular weight is 369 g/mol. The van der Waals surface area contributed by atoms with Crippen LogP contribution in [0.5, 0.6) is 11.5 Å². The average Bonchev–Trinajstić information content (AvgIpc) is 2.53. The van der Waals surface area contributed by atoms with Crippen LogP contribution in [0.25, 0.3) is 0 Å². The maximum absolute atomic E-state index is 5.49. The second-order valence-corrected chi connectivity index (χ2v) is 6.50. The summed E-state index contributed by atoms with van der Waals surface area (Å²) in [4.78, 5) is 2.51. The first-order valence-electron chi connectivity index (χ1n) is 7.57. The molecule has 1 aromatic rings. The summed E-state index contributed by atoms with van der Waals surface area (Å²) in [5, 5.41) is 3.41. The summed E-state index contributed by atoms with van der Waals surface area (Å²) in [5.74, 6) is 1.60. The van der Waals surface area contributed by atoms with Crippen molar-refractivity contribution >= 4 is 15.9 Å². The molecule has 1 heterocycles. The van der Waals surface area contributed by atoms with Gasteiger partial charge in [-0.3, -0.25) is 4.90 Å². The second kappa shape index (κ2) is 7.99. The molecular weight excluding hydrogens is 344 g/mol. The van der Waals surface area contributed by atoms with Crippen LogP contribution >= 0.6 is 15.9 Å². The first-order chi connectivity index (χ1) is 10.6. The maximum Gasteiger partial charge on any atom is 0.137 e. The summed E-state index contributed by atoms with van der Waals surface area (Å²) in [7, 11) is 3.36. The van der Waals surface area contributed by atoms with E-state index in [1.807, 2.05) is 0 Å². The predicted molar refractivity (Wildman–Crippen MR) is 93.9 cm³/mol. The van der Waals surface area contributed by atoms with Gasteiger partial charge in [-0.2, -0.15) is 0 Å². The third kappa shape index (κ3) is 4.03. The van der Waals surface area contributed by atoms with E-state index in [1.165, 1.54) is 11.1 Å². The van der Waals surface area contributed by atoms with E-state index in [4.69, 9.17) is 9.47 Å². The summed E-state index contributed by atoms with van der Waals surface area (Å²) in [5.41, 5.74) is 2.39. The van der Waals surface area contributed by atoms with E-state index in [1.54, 1.807) is 14.2 Å². The fraction of sp³-hybridized carbons (Fsp3) is 0.529. The number of halogens is 1. The maximum atomic E-state index is 5.49. The minimum absolute atomic E-state index is 0.301. The Bertz CT molecular complexity index is 502. The molecule has 1 N–H and O–H groups in total. The van der Waals surface area contributed by atoms with Gasteiger partial charge in [-0.1, -0.05) is 5.57 Å². The molecule has 0 aliphatic carbocycles. The smallest absolute Gasteiger partial charge is 0.137 e. The van der Waals surface area contributed by atoms with E-state index in [0.717, 1.165) is 48.6 Å². The van der Waals surface area contributed by atoms with Crippen LogP contribution in [-0.2, 0) is 0 Å². The van der Waals surface area contributed by atoms with Crippen LogP contribution in [0.3, 0.4) is 0 Å². The van der Waals surface area contributed by atoms with Crippen LogP contribution in [0.4, 0.5) is 0 Å². The van der Waals surface area contributed by atoms with Crippen molar-refractivity contribution in [2.24, 2.45) is 0 Å². The molecule has 5 heteroatoms. The molecule has 0 unspecified atom stereocenters. The highest BCUT2D eigenvalue weighted by Gasteiger charge is 2.24. The highest BCUT2D eigenvalue weighted by atomic mass is 79.9. The Labute approximate surface area is 141 Å². The monoisotopic (exact) mass is 368 g/mol. The quantitative estimate of drug-likeness (QED) is 0.780. The van der Waals surface area contributed by atoms with Crippen molar-refractivity contribution in [3.05, 3.63) is 34.3 Å². The van der Waals surface area contributed by atoms with Crippen molar-refractivity contribution in [3.63, 3.8) is 0 Å². The van der Waals surface area contributed by atoms with Crippen LogP contribution in [0, 0.1) is 0 Å². The Kier molecular flexibility index (Phi) is 6.29. The predicted octanol–water partition coefficient (Wildman–Crippen LogP) is 3.38. The Morgan fingerprint density at radius 3 is 2.27 bits per heavy atom. The van der Waals surface area contributed by atoms with Crippen LogP contribution in [0.2, 0.25) is 0 Å². The molecule has 22 heavy (non-hydrogen) atoms. The molecule has 0 saturated carbocycles. The van der Waals surface area contributed by atoms with Gasteiger partial charge in [0.2, 0.25) is 0 Å². The largest absolute Gasteiger partial charge is 0.495 e. The van der Waals surface area contributed by atoms with Gasteiger partial charge >= 0.3 is 0 Å². The van der Waals surface area contributed by atoms with Gasteiger partial charge in [-0.05, 0) is 47.0 Å². The fourth-order valence-electron chi connectivity index (χ4n) is 2.86. The molecule has 1 aromatic carbocycles. The Balaban J connectivity index is 2.39. The minimum Gasteiger partial charge on any atom is -0.495 e. The number of hydrogen-bond donors (Lipinski definition) is 1. The number of ether oxygens (including phenoxy) is 2. The lowest BCUT2D eigenvalue weighted by Gasteiger charge is -2.35. The summed E-state index contributed by atoms with van der Waals surface area (Å²) in [6.07, 6.45) is 0.938. The normalized spacial score (nSPS) is 17.1. The molecule has 122 valence electrons. The summed E-state index contributed by atoms with van der Waals surface area (Å²) < 4.78 is 11.8. The molecule has 0 bridgehead atoms. The van der Waals surface area contributed by atoms with E-state index in [0.29, 0.717) is 6.04 Å². The molecule has 1 saturated heterocycles. The van der Waals surface area contributed by atoms with Crippen molar-refractivity contribution in [2.45, 2.75) is 19.4 Å². The Morgan fingerprint density at radius 1 is 1.27 bits per heavy atom. The number of nitrogens with zero attached hydrogens (tertiary/aromatic N) is 1. The molecule has 4 nitrogen and oxygen atoms in total. The van der Waals surface area contributed by atoms with Gasteiger partial charge in [0.15, 0.2) is 0 Å². The first kappa shape index (κ1) is 17.3. The highest BCUT2D eigenvalue weighted by molar-refractivity contribution is 9.10. The molecule has 2 rings (SSSR count). The molecule has 1 aliphatic heterocycles. The highest BCUT2D eigenvalue weighted by Crippen LogP contribution is 2.39. The minimum atomic E-state index is 0.301. The number of methoxy groups -OCH3 is 2. The second-order valence-electron chi connectivity index (χ2n) is 5.70. The van der Waals surface area contributed by atoms with Crippen molar-refractivity contribution in [3.8, 4) is 11.5 Å². The van der Waals surface area contributed by atoms with Crippen LogP contribution in [-0.4, -0.2) is 45.3 Å². The summed E-state index contributed by atoms with van der Waals surface area (Å²) >= 11 is 3.54. The van der Waals surface area contributed by atoms with E-state index >= 15 is 0 Å². The van der Waals surface area contributed by atoms with Crippen molar-refractivity contribution in [1.82, 2.24) is 10.2 Å². The van der Waals surface area contributed by atoms with Crippen molar-refractivity contribution < 1.29 is 9.47 Å². The third-order valence-corrected chi connectivity index (χ3v) is 4.77. The topological polar surface area (TPSA) is 33.7 Å². The van der Waals surface area contributed by atoms with Crippen LogP contribution in [0.1, 0.15) is 24.9 Å². The molecule has 1 fully saturated rings. The lowest BCUT2D eigenvalue weighted by Crippen LogP contribution is -2.45. The van der Waals surface area contributed by atoms with E-state index < -0.39 is 0 Å². The molecule has 0 spiro atoms. The zero-order chi connectivity index (χ0) is 16.1. The molecule has 1 atom stereocenters. The summed E-state index contributed by atoms with van der Waals surface area (Å²) in [6, 6.07) is 4.50. The van der Waals surface area contributed by atoms with Gasteiger partial charge < -0.3 is 14.8 Å². The van der Waals surface area contributed by atoms with Gasteiger partial charge in [-0.15, -0.1) is 6.58 Å². The lowest BCUT2D eigenvalue weighted by atomic mass is 9.97. The standard InChI is InChI=1S/C17H25BrN2O2/c1-12(2)9-14(20-7-5-19-6-8-20)13-10-15(21-3)17(18)16(11-13)22-4/h10-11,14,19H,1,5-9H2,2-4H3/t14-/m1/s1. The number of nitrogens with one attached hydrogen (secondary N) is 1. The Hall–Kier alpha value is -1.04. The fourth-order valence-corrected chi connectivity index (χ4v) is 3.42. The molecule has 0 aromatic heterocycles. The van der Waals surface area contributed by atoms with Crippen molar-refractivity contribution in [1.29, 1.82) is 0 Å². The molecule has 0 radical (unpaired) electrons. The number of piperazine rings is 1. The third-order valence-electron chi connectivity index (χ3n) is 3.99. The van der Waals surface area contributed by atoms with Gasteiger partial charge in [-0.25, -0.2) is 0 Å². The zero-order valence-corrected chi connectivity index (χ0v) is 15.2. The molecule has 0 amide bonds. The van der Waals surface area contributed by atoms with E-state index in [-0.39, 0.29) is 0 Å². The van der Waals surface area contributed by atoms with Gasteiger partial charge in [0, 0.05) is 32.2 Å². The van der Waals surface area contributed by atoms with Gasteiger partial charge in [0.1, 0.15) is 16.0 Å². The molecule has 1 aliphatic rings. The van der Waals surface area contributed by atoms with Crippen LogP contribution in [0.15, 0.2) is 28.8 Å². The van der Waals surface area contributed by atoms with E-state index in [2.05, 4.69) is 51.8 Å². The van der Waals surface area contributed by atoms with Gasteiger partial charge in [0.25, 0.3) is 0 Å². The van der Waals surface area contributed by atoms with Crippen LogP contribution < -0.4 is 14.8 Å². The first-order valence-corrected chi connectivity index (χ1v) is 8.36. The SMILES string of the molecule is C=C(C)C[C@H](c1cc(OC)c(Br)c(OC)c1)N1CCNCC1. The number of benzene rings is 1. The van der Waals surface area contributed by atoms with E-state index in [9.17, 15) is 0 Å². The molecular formula is C17H25BrN2O2. The number of hydrogen-bond acceptors (Lipinski definition) is 4. The zero-order valence-electron chi connectivity index (χ0n) is 13.6. The lowest BCUT2D eigenvalue weighted by molar-refractivity contribution is 0.172. The Morgan fingerprint density at radius 2 is 1.82 bits per heavy atom. The van der Waals surface area contributed by atoms with Gasteiger partial charge in [0.05, 0.1) is 14.2 Å².